The molecule has 0 saturated heterocycles. The van der Waals surface area contributed by atoms with Crippen LogP contribution < -0.4 is 10.6 Å². The Morgan fingerprint density at radius 2 is 1.82 bits per heavy atom. The maximum Gasteiger partial charge on any atom is 0.291 e. The van der Waals surface area contributed by atoms with Crippen molar-refractivity contribution in [3.8, 4) is 6.07 Å². The standard InChI is InChI=1S/C22H17N3O3/c23-14-18-5-2-1-4-17(18)9-12-21(26)24-15-16-7-10-19(11-8-16)25-22(27)20-6-3-13-28-20/h1-13H,15H2,(H,24,26)(H,25,27)/b12-9+. The van der Waals surface area contributed by atoms with Crippen LogP contribution in [0.15, 0.2) is 77.4 Å². The molecule has 0 aliphatic carbocycles. The van der Waals surface area contributed by atoms with E-state index in [1.807, 2.05) is 18.2 Å². The van der Waals surface area contributed by atoms with Gasteiger partial charge < -0.3 is 15.1 Å². The number of carbonyl (C=O) groups is 2. The highest BCUT2D eigenvalue weighted by atomic mass is 16.3. The van der Waals surface area contributed by atoms with Gasteiger partial charge in [0.05, 0.1) is 17.9 Å². The fourth-order valence-electron chi connectivity index (χ4n) is 2.46. The summed E-state index contributed by atoms with van der Waals surface area (Å²) in [7, 11) is 0. The molecule has 2 amide bonds. The third-order valence-corrected chi connectivity index (χ3v) is 3.92. The van der Waals surface area contributed by atoms with Gasteiger partial charge in [-0.15, -0.1) is 0 Å². The van der Waals surface area contributed by atoms with Gasteiger partial charge in [0.1, 0.15) is 0 Å². The predicted octanol–water partition coefficient (Wildman–Crippen LogP) is 3.73. The first kappa shape index (κ1) is 18.7. The first-order valence-corrected chi connectivity index (χ1v) is 8.54. The number of benzene rings is 2. The molecule has 0 aliphatic heterocycles. The Morgan fingerprint density at radius 1 is 1.04 bits per heavy atom. The fourth-order valence-corrected chi connectivity index (χ4v) is 2.46. The van der Waals surface area contributed by atoms with Crippen molar-refractivity contribution in [2.75, 3.05) is 5.32 Å². The van der Waals surface area contributed by atoms with Crippen molar-refractivity contribution in [3.63, 3.8) is 0 Å². The second kappa shape index (κ2) is 9.01. The Morgan fingerprint density at radius 3 is 2.54 bits per heavy atom. The molecule has 1 heterocycles. The second-order valence-corrected chi connectivity index (χ2v) is 5.88. The molecular formula is C22H17N3O3. The van der Waals surface area contributed by atoms with Crippen LogP contribution in [-0.4, -0.2) is 11.8 Å². The lowest BCUT2D eigenvalue weighted by Gasteiger charge is -2.06. The molecule has 0 unspecified atom stereocenters. The van der Waals surface area contributed by atoms with E-state index in [2.05, 4.69) is 16.7 Å². The zero-order chi connectivity index (χ0) is 19.8. The van der Waals surface area contributed by atoms with E-state index in [0.717, 1.165) is 5.56 Å². The Hall–Kier alpha value is -4.11. The largest absolute Gasteiger partial charge is 0.459 e. The van der Waals surface area contributed by atoms with Crippen LogP contribution in [0.1, 0.15) is 27.2 Å². The Balaban J connectivity index is 1.52. The van der Waals surface area contributed by atoms with E-state index in [1.165, 1.54) is 12.3 Å². The van der Waals surface area contributed by atoms with Crippen molar-refractivity contribution in [3.05, 3.63) is 95.5 Å². The summed E-state index contributed by atoms with van der Waals surface area (Å²) in [5.74, 6) is -0.349. The van der Waals surface area contributed by atoms with E-state index in [-0.39, 0.29) is 17.6 Å². The van der Waals surface area contributed by atoms with E-state index in [0.29, 0.717) is 23.4 Å². The molecule has 138 valence electrons. The molecule has 2 aromatic carbocycles. The van der Waals surface area contributed by atoms with Gasteiger partial charge >= 0.3 is 0 Å². The minimum Gasteiger partial charge on any atom is -0.459 e. The second-order valence-electron chi connectivity index (χ2n) is 5.88. The third kappa shape index (κ3) is 4.96. The molecule has 3 rings (SSSR count). The lowest BCUT2D eigenvalue weighted by Crippen LogP contribution is -2.20. The number of nitrogens with zero attached hydrogens (tertiary/aromatic N) is 1. The lowest BCUT2D eigenvalue weighted by molar-refractivity contribution is -0.116. The van der Waals surface area contributed by atoms with Gasteiger partial charge in [0.2, 0.25) is 5.91 Å². The molecule has 0 bridgehead atoms. The van der Waals surface area contributed by atoms with Gasteiger partial charge in [0.25, 0.3) is 5.91 Å². The van der Waals surface area contributed by atoms with Crippen molar-refractivity contribution in [2.24, 2.45) is 0 Å². The van der Waals surface area contributed by atoms with Crippen LogP contribution in [0.25, 0.3) is 6.08 Å². The molecule has 0 spiro atoms. The molecule has 3 aromatic rings. The number of nitriles is 1. The summed E-state index contributed by atoms with van der Waals surface area (Å²) in [6, 6.07) is 19.5. The van der Waals surface area contributed by atoms with E-state index >= 15 is 0 Å². The average Bonchev–Trinajstić information content (AvgIpc) is 3.27. The van der Waals surface area contributed by atoms with Gasteiger partial charge in [-0.25, -0.2) is 0 Å². The zero-order valence-electron chi connectivity index (χ0n) is 14.9. The van der Waals surface area contributed by atoms with Crippen molar-refractivity contribution in [2.45, 2.75) is 6.54 Å². The number of amides is 2. The summed E-state index contributed by atoms with van der Waals surface area (Å²) in [5.41, 5.74) is 2.72. The van der Waals surface area contributed by atoms with Crippen molar-refractivity contribution in [1.29, 1.82) is 5.26 Å². The van der Waals surface area contributed by atoms with Gasteiger partial charge in [-0.3, -0.25) is 9.59 Å². The fraction of sp³-hybridized carbons (Fsp3) is 0.0455. The lowest BCUT2D eigenvalue weighted by atomic mass is 10.1. The summed E-state index contributed by atoms with van der Waals surface area (Å²) in [6.07, 6.45) is 4.45. The molecule has 0 radical (unpaired) electrons. The highest BCUT2D eigenvalue weighted by Gasteiger charge is 2.08. The summed E-state index contributed by atoms with van der Waals surface area (Å²) >= 11 is 0. The maximum atomic E-state index is 12.0. The van der Waals surface area contributed by atoms with Gasteiger partial charge in [0, 0.05) is 18.3 Å². The monoisotopic (exact) mass is 371 g/mol. The van der Waals surface area contributed by atoms with Crippen LogP contribution in [0.2, 0.25) is 0 Å². The topological polar surface area (TPSA) is 95.1 Å². The minimum atomic E-state index is -0.325. The average molecular weight is 371 g/mol. The minimum absolute atomic E-state index is 0.237. The predicted molar refractivity (Wildman–Crippen MR) is 105 cm³/mol. The highest BCUT2D eigenvalue weighted by molar-refractivity contribution is 6.02. The molecule has 6 heteroatoms. The number of rotatable bonds is 6. The zero-order valence-corrected chi connectivity index (χ0v) is 14.9. The number of furan rings is 1. The van der Waals surface area contributed by atoms with Crippen molar-refractivity contribution < 1.29 is 14.0 Å². The van der Waals surface area contributed by atoms with Gasteiger partial charge in [-0.2, -0.15) is 5.26 Å². The molecule has 0 atom stereocenters. The van der Waals surface area contributed by atoms with Crippen LogP contribution in [-0.2, 0) is 11.3 Å². The van der Waals surface area contributed by atoms with E-state index in [9.17, 15) is 9.59 Å². The van der Waals surface area contributed by atoms with Crippen molar-refractivity contribution in [1.82, 2.24) is 5.32 Å². The normalized spacial score (nSPS) is 10.4. The quantitative estimate of drug-likeness (QED) is 0.646. The smallest absolute Gasteiger partial charge is 0.291 e. The Labute approximate surface area is 162 Å². The molecule has 28 heavy (non-hydrogen) atoms. The number of hydrogen-bond acceptors (Lipinski definition) is 4. The number of hydrogen-bond donors (Lipinski definition) is 2. The molecule has 0 fully saturated rings. The first-order valence-electron chi connectivity index (χ1n) is 8.54. The van der Waals surface area contributed by atoms with Crippen LogP contribution in [0.3, 0.4) is 0 Å². The number of nitrogens with one attached hydrogen (secondary N) is 2. The summed E-state index contributed by atoms with van der Waals surface area (Å²) in [5, 5.41) is 14.6. The molecule has 1 aromatic heterocycles. The molecule has 0 aliphatic rings. The summed E-state index contributed by atoms with van der Waals surface area (Å²) in [4.78, 5) is 23.9. The number of carbonyl (C=O) groups excluding carboxylic acids is 2. The van der Waals surface area contributed by atoms with E-state index in [1.54, 1.807) is 48.5 Å². The van der Waals surface area contributed by atoms with Crippen LogP contribution >= 0.6 is 0 Å². The maximum absolute atomic E-state index is 12.0. The number of anilines is 1. The molecule has 0 saturated carbocycles. The molecule has 2 N–H and O–H groups in total. The van der Waals surface area contributed by atoms with Crippen molar-refractivity contribution >= 4 is 23.6 Å². The molecule has 6 nitrogen and oxygen atoms in total. The van der Waals surface area contributed by atoms with Gasteiger partial charge in [0.15, 0.2) is 5.76 Å². The Bertz CT molecular complexity index is 1030. The van der Waals surface area contributed by atoms with Gasteiger partial charge in [-0.05, 0) is 47.5 Å². The molecular weight excluding hydrogens is 354 g/mol. The summed E-state index contributed by atoms with van der Waals surface area (Å²) < 4.78 is 5.04. The SMILES string of the molecule is N#Cc1ccccc1/C=C/C(=O)NCc1ccc(NC(=O)c2ccco2)cc1. The van der Waals surface area contributed by atoms with E-state index < -0.39 is 0 Å². The van der Waals surface area contributed by atoms with Crippen LogP contribution in [0.5, 0.6) is 0 Å². The summed E-state index contributed by atoms with van der Waals surface area (Å²) in [6.45, 7) is 0.343. The van der Waals surface area contributed by atoms with Crippen LogP contribution in [0, 0.1) is 11.3 Å². The third-order valence-electron chi connectivity index (χ3n) is 3.92. The first-order chi connectivity index (χ1) is 13.7. The van der Waals surface area contributed by atoms with Gasteiger partial charge in [-0.1, -0.05) is 30.3 Å². The Kier molecular flexibility index (Phi) is 6.01. The van der Waals surface area contributed by atoms with Crippen LogP contribution in [0.4, 0.5) is 5.69 Å². The highest BCUT2D eigenvalue weighted by Crippen LogP contribution is 2.12. The van der Waals surface area contributed by atoms with E-state index in [4.69, 9.17) is 9.68 Å².